The van der Waals surface area contributed by atoms with Gasteiger partial charge in [-0.15, -0.1) is 0 Å². The van der Waals surface area contributed by atoms with E-state index in [1.165, 1.54) is 5.56 Å². The second kappa shape index (κ2) is 7.88. The Hall–Kier alpha value is -2.73. The Morgan fingerprint density at radius 1 is 1.15 bits per heavy atom. The van der Waals surface area contributed by atoms with Gasteiger partial charge < -0.3 is 4.74 Å². The topological polar surface area (TPSA) is 55.2 Å². The number of ether oxygens (including phenoxy) is 1. The van der Waals surface area contributed by atoms with Crippen LogP contribution in [-0.2, 0) is 5.41 Å². The van der Waals surface area contributed by atoms with Gasteiger partial charge in [0.1, 0.15) is 5.75 Å². The summed E-state index contributed by atoms with van der Waals surface area (Å²) in [6.45, 7) is 9.12. The van der Waals surface area contributed by atoms with Crippen LogP contribution in [0.25, 0.3) is 11.4 Å². The van der Waals surface area contributed by atoms with Crippen molar-refractivity contribution in [3.63, 3.8) is 0 Å². The summed E-state index contributed by atoms with van der Waals surface area (Å²) in [4.78, 5) is 0. The van der Waals surface area contributed by atoms with Crippen molar-refractivity contribution in [1.82, 2.24) is 14.9 Å². The number of nitrogens with one attached hydrogen (secondary N) is 1. The Morgan fingerprint density at radius 2 is 1.85 bits per heavy atom. The molecule has 3 rings (SSSR count). The number of aromatic amines is 1. The quantitative estimate of drug-likeness (QED) is 0.490. The molecule has 2 aromatic carbocycles. The summed E-state index contributed by atoms with van der Waals surface area (Å²) in [6.07, 6.45) is 1.78. The number of benzene rings is 2. The summed E-state index contributed by atoms with van der Waals surface area (Å²) in [6, 6.07) is 16.1. The Bertz CT molecular complexity index is 994. The fraction of sp³-hybridized carbons (Fsp3) is 0.286. The first-order valence-corrected chi connectivity index (χ1v) is 9.35. The number of rotatable bonds is 5. The number of hydrogen-bond donors (Lipinski definition) is 1. The van der Waals surface area contributed by atoms with Crippen LogP contribution < -0.4 is 4.74 Å². The van der Waals surface area contributed by atoms with E-state index in [4.69, 9.17) is 17.0 Å². The van der Waals surface area contributed by atoms with Crippen molar-refractivity contribution in [2.24, 2.45) is 5.10 Å². The van der Waals surface area contributed by atoms with Crippen molar-refractivity contribution in [1.29, 1.82) is 0 Å². The number of para-hydroxylation sites is 1. The molecule has 0 aliphatic rings. The van der Waals surface area contributed by atoms with E-state index in [0.29, 0.717) is 17.2 Å². The third kappa shape index (κ3) is 4.34. The molecule has 1 aromatic heterocycles. The van der Waals surface area contributed by atoms with Crippen LogP contribution in [0.3, 0.4) is 0 Å². The van der Waals surface area contributed by atoms with Gasteiger partial charge in [0.15, 0.2) is 5.82 Å². The molecule has 0 saturated carbocycles. The predicted octanol–water partition coefficient (Wildman–Crippen LogP) is 5.19. The molecule has 0 spiro atoms. The van der Waals surface area contributed by atoms with Gasteiger partial charge in [-0.3, -0.25) is 0 Å². The first-order chi connectivity index (χ1) is 12.9. The molecular formula is C21H24N4OS. The van der Waals surface area contributed by atoms with Crippen molar-refractivity contribution >= 4 is 18.4 Å². The lowest BCUT2D eigenvalue weighted by molar-refractivity contribution is 0.341. The molecule has 6 heteroatoms. The van der Waals surface area contributed by atoms with E-state index in [2.05, 4.69) is 60.3 Å². The van der Waals surface area contributed by atoms with Crippen molar-refractivity contribution in [3.05, 3.63) is 64.4 Å². The second-order valence-corrected chi connectivity index (χ2v) is 7.60. The minimum absolute atomic E-state index is 0.124. The molecule has 0 aliphatic carbocycles. The lowest BCUT2D eigenvalue weighted by atomic mass is 9.87. The third-order valence-corrected chi connectivity index (χ3v) is 4.44. The standard InChI is InChI=1S/C21H24N4OS/c1-5-26-18-9-7-6-8-17(18)19-23-24-20(27)25(19)22-14-15-10-12-16(13-11-15)21(2,3)4/h6-14H,5H2,1-4H3,(H,24,27)/b22-14-. The first kappa shape index (κ1) is 19.0. The summed E-state index contributed by atoms with van der Waals surface area (Å²) >= 11 is 5.36. The Morgan fingerprint density at radius 3 is 2.52 bits per heavy atom. The number of aromatic nitrogens is 3. The SMILES string of the molecule is CCOc1ccccc1-c1n[nH]c(=S)n1/N=C\c1ccc(C(C)(C)C)cc1. The van der Waals surface area contributed by atoms with Crippen LogP contribution in [0.1, 0.15) is 38.8 Å². The zero-order chi connectivity index (χ0) is 19.4. The van der Waals surface area contributed by atoms with Crippen LogP contribution in [0.2, 0.25) is 0 Å². The van der Waals surface area contributed by atoms with Crippen LogP contribution in [0.5, 0.6) is 5.75 Å². The molecule has 0 bridgehead atoms. The van der Waals surface area contributed by atoms with Crippen molar-refractivity contribution in [2.75, 3.05) is 6.61 Å². The summed E-state index contributed by atoms with van der Waals surface area (Å²) < 4.78 is 7.76. The van der Waals surface area contributed by atoms with Gasteiger partial charge in [0, 0.05) is 0 Å². The van der Waals surface area contributed by atoms with Crippen LogP contribution in [0, 0.1) is 4.77 Å². The first-order valence-electron chi connectivity index (χ1n) is 8.94. The zero-order valence-electron chi connectivity index (χ0n) is 16.1. The van der Waals surface area contributed by atoms with E-state index >= 15 is 0 Å². The fourth-order valence-electron chi connectivity index (χ4n) is 2.70. The van der Waals surface area contributed by atoms with Crippen LogP contribution in [-0.4, -0.2) is 27.7 Å². The van der Waals surface area contributed by atoms with Crippen LogP contribution in [0.15, 0.2) is 53.6 Å². The number of nitrogens with zero attached hydrogens (tertiary/aromatic N) is 3. The molecule has 27 heavy (non-hydrogen) atoms. The van der Waals surface area contributed by atoms with Crippen LogP contribution in [0.4, 0.5) is 0 Å². The van der Waals surface area contributed by atoms with Gasteiger partial charge in [0.25, 0.3) is 0 Å². The molecule has 0 atom stereocenters. The molecular weight excluding hydrogens is 356 g/mol. The predicted molar refractivity (Wildman–Crippen MR) is 112 cm³/mol. The van der Waals surface area contributed by atoms with E-state index in [9.17, 15) is 0 Å². The molecule has 5 nitrogen and oxygen atoms in total. The summed E-state index contributed by atoms with van der Waals surface area (Å²) in [5, 5.41) is 11.7. The van der Waals surface area contributed by atoms with Gasteiger partial charge >= 0.3 is 0 Å². The molecule has 3 aromatic rings. The second-order valence-electron chi connectivity index (χ2n) is 7.21. The summed E-state index contributed by atoms with van der Waals surface area (Å²) in [5.74, 6) is 1.37. The van der Waals surface area contributed by atoms with Crippen LogP contribution >= 0.6 is 12.2 Å². The number of hydrogen-bond acceptors (Lipinski definition) is 4. The van der Waals surface area contributed by atoms with E-state index < -0.39 is 0 Å². The van der Waals surface area contributed by atoms with Gasteiger partial charge in [0.2, 0.25) is 4.77 Å². The average Bonchev–Trinajstić information content (AvgIpc) is 3.01. The summed E-state index contributed by atoms with van der Waals surface area (Å²) in [7, 11) is 0. The molecule has 0 unspecified atom stereocenters. The highest BCUT2D eigenvalue weighted by atomic mass is 32.1. The third-order valence-electron chi connectivity index (χ3n) is 4.18. The Balaban J connectivity index is 1.94. The van der Waals surface area contributed by atoms with E-state index in [-0.39, 0.29) is 5.41 Å². The maximum absolute atomic E-state index is 5.71. The minimum atomic E-state index is 0.124. The average molecular weight is 381 g/mol. The molecule has 0 amide bonds. The molecule has 0 fully saturated rings. The van der Waals surface area contributed by atoms with Crippen molar-refractivity contribution in [2.45, 2.75) is 33.1 Å². The molecule has 1 N–H and O–H groups in total. The molecule has 0 radical (unpaired) electrons. The lowest BCUT2D eigenvalue weighted by Crippen LogP contribution is -2.10. The fourth-order valence-corrected chi connectivity index (χ4v) is 2.88. The lowest BCUT2D eigenvalue weighted by Gasteiger charge is -2.18. The largest absolute Gasteiger partial charge is 0.493 e. The van der Waals surface area contributed by atoms with E-state index in [1.807, 2.05) is 31.2 Å². The molecule has 140 valence electrons. The highest BCUT2D eigenvalue weighted by Crippen LogP contribution is 2.28. The van der Waals surface area contributed by atoms with E-state index in [0.717, 1.165) is 16.9 Å². The summed E-state index contributed by atoms with van der Waals surface area (Å²) in [5.41, 5.74) is 3.24. The van der Waals surface area contributed by atoms with Gasteiger partial charge in [-0.05, 0) is 47.8 Å². The maximum Gasteiger partial charge on any atom is 0.216 e. The van der Waals surface area contributed by atoms with E-state index in [1.54, 1.807) is 10.9 Å². The minimum Gasteiger partial charge on any atom is -0.493 e. The van der Waals surface area contributed by atoms with Gasteiger partial charge in [-0.1, -0.05) is 57.2 Å². The molecule has 0 saturated heterocycles. The number of H-pyrrole nitrogens is 1. The van der Waals surface area contributed by atoms with Gasteiger partial charge in [-0.2, -0.15) is 14.9 Å². The van der Waals surface area contributed by atoms with Gasteiger partial charge in [0.05, 0.1) is 18.4 Å². The highest BCUT2D eigenvalue weighted by Gasteiger charge is 2.14. The normalized spacial score (nSPS) is 11.9. The maximum atomic E-state index is 5.71. The van der Waals surface area contributed by atoms with Crippen molar-refractivity contribution < 1.29 is 4.74 Å². The molecule has 1 heterocycles. The Labute approximate surface area is 164 Å². The monoisotopic (exact) mass is 380 g/mol. The smallest absolute Gasteiger partial charge is 0.216 e. The Kier molecular flexibility index (Phi) is 5.56. The molecule has 0 aliphatic heterocycles. The zero-order valence-corrected chi connectivity index (χ0v) is 16.9. The van der Waals surface area contributed by atoms with Gasteiger partial charge in [-0.25, -0.2) is 5.10 Å². The highest BCUT2D eigenvalue weighted by molar-refractivity contribution is 7.71. The van der Waals surface area contributed by atoms with Crippen molar-refractivity contribution in [3.8, 4) is 17.1 Å².